The van der Waals surface area contributed by atoms with Crippen LogP contribution in [0.1, 0.15) is 72.6 Å². The molecule has 10 nitrogen and oxygen atoms in total. The Morgan fingerprint density at radius 3 is 2.20 bits per heavy atom. The SMILES string of the molecule is CC(C)(C)OC(=O)c1c(NC(=O)OC(=O)c2ccccc2)sc2c1C[C@@H](CN1C(=O)c3ccccc3C1=O)NC2.Cl. The number of nitrogens with zero attached hydrogens (tertiary/aromatic N) is 1. The zero-order valence-electron chi connectivity index (χ0n) is 22.5. The predicted molar refractivity (Wildman–Crippen MR) is 154 cm³/mol. The number of ether oxygens (including phenoxy) is 2. The number of hydrogen-bond donors (Lipinski definition) is 2. The third-order valence-electron chi connectivity index (χ3n) is 6.39. The summed E-state index contributed by atoms with van der Waals surface area (Å²) >= 11 is 1.17. The number of esters is 2. The molecule has 2 N–H and O–H groups in total. The largest absolute Gasteiger partial charge is 0.456 e. The lowest BCUT2D eigenvalue weighted by molar-refractivity contribution is 0.00690. The van der Waals surface area contributed by atoms with Gasteiger partial charge in [0.05, 0.1) is 22.3 Å². The van der Waals surface area contributed by atoms with Gasteiger partial charge >= 0.3 is 18.0 Å². The number of carbonyl (C=O) groups is 5. The molecule has 1 aromatic heterocycles. The molecule has 2 aliphatic heterocycles. The number of thiophene rings is 1. The van der Waals surface area contributed by atoms with E-state index in [0.717, 1.165) is 4.88 Å². The van der Waals surface area contributed by atoms with Crippen molar-refractivity contribution in [2.24, 2.45) is 0 Å². The van der Waals surface area contributed by atoms with Gasteiger partial charge in [0.1, 0.15) is 10.6 Å². The van der Waals surface area contributed by atoms with Gasteiger partial charge in [-0.05, 0) is 57.0 Å². The molecule has 1 atom stereocenters. The van der Waals surface area contributed by atoms with Crippen molar-refractivity contribution in [3.63, 3.8) is 0 Å². The van der Waals surface area contributed by atoms with Crippen LogP contribution in [0.5, 0.6) is 0 Å². The molecule has 3 amide bonds. The average Bonchev–Trinajstić information content (AvgIpc) is 3.38. The molecule has 0 unspecified atom stereocenters. The van der Waals surface area contributed by atoms with Crippen LogP contribution in [0, 0.1) is 0 Å². The van der Waals surface area contributed by atoms with Crippen molar-refractivity contribution in [3.8, 4) is 0 Å². The number of anilines is 1. The summed E-state index contributed by atoms with van der Waals surface area (Å²) < 4.78 is 10.6. The first kappa shape index (κ1) is 29.9. The maximum absolute atomic E-state index is 13.3. The van der Waals surface area contributed by atoms with E-state index in [2.05, 4.69) is 10.6 Å². The van der Waals surface area contributed by atoms with Crippen molar-refractivity contribution in [2.75, 3.05) is 11.9 Å². The molecule has 2 aromatic carbocycles. The number of benzene rings is 2. The monoisotopic (exact) mass is 597 g/mol. The molecule has 0 saturated heterocycles. The highest BCUT2D eigenvalue weighted by Gasteiger charge is 2.38. The topological polar surface area (TPSA) is 131 Å². The minimum atomic E-state index is -1.03. The lowest BCUT2D eigenvalue weighted by atomic mass is 9.97. The van der Waals surface area contributed by atoms with Crippen LogP contribution in [0.3, 0.4) is 0 Å². The third-order valence-corrected chi connectivity index (χ3v) is 7.53. The number of hydrogen-bond acceptors (Lipinski definition) is 9. The number of fused-ring (bicyclic) bond motifs is 2. The normalized spacial score (nSPS) is 15.9. The van der Waals surface area contributed by atoms with Crippen LogP contribution in [0.15, 0.2) is 54.6 Å². The van der Waals surface area contributed by atoms with Gasteiger partial charge in [-0.15, -0.1) is 23.7 Å². The smallest absolute Gasteiger partial charge is 0.420 e. The van der Waals surface area contributed by atoms with Crippen LogP contribution < -0.4 is 10.6 Å². The molecule has 0 spiro atoms. The van der Waals surface area contributed by atoms with E-state index in [1.807, 2.05) is 0 Å². The standard InChI is InChI=1S/C29H27N3O7S.ClH/c1-29(2,3)39-27(36)22-20-13-17(15-32-24(33)18-11-7-8-12-19(18)25(32)34)30-14-21(20)40-23(22)31-28(37)38-26(35)16-9-5-4-6-10-16;/h4-12,17,30H,13-15H2,1-3H3,(H,31,37);1H/t17-;/m0./s1. The summed E-state index contributed by atoms with van der Waals surface area (Å²) in [7, 11) is 0. The molecule has 2 aliphatic rings. The predicted octanol–water partition coefficient (Wildman–Crippen LogP) is 4.82. The minimum Gasteiger partial charge on any atom is -0.456 e. The number of nitrogens with one attached hydrogen (secondary N) is 2. The first-order valence-corrected chi connectivity index (χ1v) is 13.5. The second kappa shape index (κ2) is 11.8. The summed E-state index contributed by atoms with van der Waals surface area (Å²) in [6.07, 6.45) is -0.735. The molecule has 3 heterocycles. The molecule has 0 fully saturated rings. The second-order valence-corrected chi connectivity index (χ2v) is 11.5. The van der Waals surface area contributed by atoms with Crippen molar-refractivity contribution in [1.82, 2.24) is 10.2 Å². The Labute approximate surface area is 246 Å². The molecule has 0 bridgehead atoms. The van der Waals surface area contributed by atoms with Gasteiger partial charge in [-0.3, -0.25) is 19.8 Å². The van der Waals surface area contributed by atoms with E-state index >= 15 is 0 Å². The van der Waals surface area contributed by atoms with E-state index in [0.29, 0.717) is 29.7 Å². The highest BCUT2D eigenvalue weighted by molar-refractivity contribution is 7.17. The van der Waals surface area contributed by atoms with Crippen molar-refractivity contribution >= 4 is 58.6 Å². The van der Waals surface area contributed by atoms with Crippen molar-refractivity contribution in [1.29, 1.82) is 0 Å². The fourth-order valence-corrected chi connectivity index (χ4v) is 5.80. The van der Waals surface area contributed by atoms with Crippen LogP contribution in [-0.4, -0.2) is 52.9 Å². The third kappa shape index (κ3) is 6.32. The van der Waals surface area contributed by atoms with Gasteiger partial charge in [-0.25, -0.2) is 14.4 Å². The first-order chi connectivity index (χ1) is 19.0. The van der Waals surface area contributed by atoms with E-state index < -0.39 is 23.6 Å². The van der Waals surface area contributed by atoms with Crippen molar-refractivity contribution in [3.05, 3.63) is 87.3 Å². The number of imide groups is 1. The van der Waals surface area contributed by atoms with Gasteiger partial charge in [0.2, 0.25) is 0 Å². The minimum absolute atomic E-state index is 0. The lowest BCUT2D eigenvalue weighted by Gasteiger charge is -2.28. The van der Waals surface area contributed by atoms with Gasteiger partial charge in [0, 0.05) is 24.0 Å². The van der Waals surface area contributed by atoms with E-state index in [1.54, 1.807) is 63.2 Å². The van der Waals surface area contributed by atoms with E-state index in [-0.39, 0.29) is 52.9 Å². The molecule has 3 aromatic rings. The fourth-order valence-electron chi connectivity index (χ4n) is 4.65. The Balaban J connectivity index is 0.00000387. The summed E-state index contributed by atoms with van der Waals surface area (Å²) in [5.41, 5.74) is 0.931. The van der Waals surface area contributed by atoms with Gasteiger partial charge in [0.15, 0.2) is 0 Å². The fraction of sp³-hybridized carbons (Fsp3) is 0.276. The molecule has 0 saturated carbocycles. The Kier molecular flexibility index (Phi) is 8.62. The second-order valence-electron chi connectivity index (χ2n) is 10.4. The van der Waals surface area contributed by atoms with Crippen LogP contribution in [0.2, 0.25) is 0 Å². The van der Waals surface area contributed by atoms with Crippen LogP contribution in [0.4, 0.5) is 9.80 Å². The summed E-state index contributed by atoms with van der Waals surface area (Å²) in [4.78, 5) is 66.1. The molecule has 0 radical (unpaired) electrons. The van der Waals surface area contributed by atoms with Crippen molar-refractivity contribution < 1.29 is 33.4 Å². The van der Waals surface area contributed by atoms with Gasteiger partial charge in [-0.1, -0.05) is 30.3 Å². The molecular weight excluding hydrogens is 570 g/mol. The molecule has 5 rings (SSSR count). The Morgan fingerprint density at radius 1 is 0.976 bits per heavy atom. The summed E-state index contributed by atoms with van der Waals surface area (Å²) in [5.74, 6) is -2.20. The Hall–Kier alpha value is -4.06. The summed E-state index contributed by atoms with van der Waals surface area (Å²) in [5, 5.41) is 6.05. The van der Waals surface area contributed by atoms with E-state index in [1.165, 1.54) is 28.4 Å². The molecule has 214 valence electrons. The van der Waals surface area contributed by atoms with Crippen LogP contribution in [0.25, 0.3) is 0 Å². The Morgan fingerprint density at radius 2 is 1.59 bits per heavy atom. The molecule has 0 aliphatic carbocycles. The highest BCUT2D eigenvalue weighted by atomic mass is 35.5. The Bertz CT molecular complexity index is 1500. The van der Waals surface area contributed by atoms with Crippen molar-refractivity contribution in [2.45, 2.75) is 45.4 Å². The van der Waals surface area contributed by atoms with E-state index in [9.17, 15) is 24.0 Å². The summed E-state index contributed by atoms with van der Waals surface area (Å²) in [6, 6.07) is 14.4. The zero-order valence-corrected chi connectivity index (χ0v) is 24.1. The number of amides is 3. The number of carbonyl (C=O) groups excluding carboxylic acids is 5. The average molecular weight is 598 g/mol. The van der Waals surface area contributed by atoms with Gasteiger partial charge in [-0.2, -0.15) is 0 Å². The molecular formula is C29H28ClN3O7S. The quantitative estimate of drug-likeness (QED) is 0.243. The van der Waals surface area contributed by atoms with Crippen LogP contribution in [-0.2, 0) is 22.4 Å². The zero-order chi connectivity index (χ0) is 28.6. The van der Waals surface area contributed by atoms with Crippen LogP contribution >= 0.6 is 23.7 Å². The maximum atomic E-state index is 13.3. The van der Waals surface area contributed by atoms with Gasteiger partial charge in [0.25, 0.3) is 11.8 Å². The first-order valence-electron chi connectivity index (χ1n) is 12.7. The number of rotatable bonds is 5. The molecule has 41 heavy (non-hydrogen) atoms. The van der Waals surface area contributed by atoms with E-state index in [4.69, 9.17) is 9.47 Å². The lowest BCUT2D eigenvalue weighted by Crippen LogP contribution is -2.46. The number of halogens is 1. The van der Waals surface area contributed by atoms with Gasteiger partial charge < -0.3 is 14.8 Å². The highest BCUT2D eigenvalue weighted by Crippen LogP contribution is 2.38. The maximum Gasteiger partial charge on any atom is 0.420 e. The molecule has 12 heteroatoms. The summed E-state index contributed by atoms with van der Waals surface area (Å²) in [6.45, 7) is 5.64.